The molecule has 1 saturated heterocycles. The average molecular weight is 255 g/mol. The van der Waals surface area contributed by atoms with Gasteiger partial charge in [0.1, 0.15) is 0 Å². The Bertz CT molecular complexity index is 383. The number of hydrogen-bond donors (Lipinski definition) is 1. The van der Waals surface area contributed by atoms with Gasteiger partial charge >= 0.3 is 0 Å². The quantitative estimate of drug-likeness (QED) is 0.898. The Kier molecular flexibility index (Phi) is 4.18. The Morgan fingerprint density at radius 2 is 2.29 bits per heavy atom. The van der Waals surface area contributed by atoms with E-state index in [9.17, 15) is 0 Å². The molecule has 2 rings (SSSR count). The molecule has 2 heterocycles. The largest absolute Gasteiger partial charge is 0.381 e. The van der Waals surface area contributed by atoms with Crippen LogP contribution in [0.2, 0.25) is 5.02 Å². The van der Waals surface area contributed by atoms with Crippen molar-refractivity contribution in [3.05, 3.63) is 16.8 Å². The maximum absolute atomic E-state index is 5.96. The van der Waals surface area contributed by atoms with Crippen molar-refractivity contribution in [3.63, 3.8) is 0 Å². The molecule has 94 valence electrons. The van der Waals surface area contributed by atoms with E-state index in [1.54, 1.807) is 0 Å². The van der Waals surface area contributed by atoms with Gasteiger partial charge in [0.05, 0.1) is 10.7 Å². The molecule has 1 aromatic heterocycles. The lowest BCUT2D eigenvalue weighted by molar-refractivity contribution is 0.154. The number of rotatable bonds is 3. The van der Waals surface area contributed by atoms with Gasteiger partial charge in [0.15, 0.2) is 5.82 Å². The molecule has 0 aromatic carbocycles. The Morgan fingerprint density at radius 3 is 3.00 bits per heavy atom. The number of nitrogens with two attached hydrogens (primary N) is 1. The van der Waals surface area contributed by atoms with Gasteiger partial charge in [-0.1, -0.05) is 24.9 Å². The summed E-state index contributed by atoms with van der Waals surface area (Å²) in [6.45, 7) is 4.50. The topological polar surface area (TPSA) is 55.0 Å². The van der Waals surface area contributed by atoms with Crippen LogP contribution in [0.3, 0.4) is 0 Å². The fraction of sp³-hybridized carbons (Fsp3) is 0.667. The number of nitrogen functional groups attached to an aromatic ring is 1. The second-order valence-corrected chi connectivity index (χ2v) is 4.96. The van der Waals surface area contributed by atoms with Crippen LogP contribution in [0.1, 0.15) is 31.9 Å². The first-order chi connectivity index (χ1) is 8.20. The number of nitrogens with zero attached hydrogens (tertiary/aromatic N) is 3. The van der Waals surface area contributed by atoms with E-state index in [4.69, 9.17) is 17.3 Å². The van der Waals surface area contributed by atoms with Gasteiger partial charge in [-0.05, 0) is 32.0 Å². The minimum absolute atomic E-state index is 0.311. The standard InChI is InChI=1S/C12H19ClN4/c1-2-17-6-4-3-5-10(17)7-9-8-11(13)12(14)16-15-9/h8,10H,2-7H2,1H3,(H2,14,16). The fourth-order valence-corrected chi connectivity index (χ4v) is 2.63. The van der Waals surface area contributed by atoms with E-state index in [0.29, 0.717) is 16.9 Å². The molecule has 1 fully saturated rings. The molecule has 1 aliphatic heterocycles. The minimum atomic E-state index is 0.311. The first-order valence-electron chi connectivity index (χ1n) is 6.22. The minimum Gasteiger partial charge on any atom is -0.381 e. The summed E-state index contributed by atoms with van der Waals surface area (Å²) in [5.74, 6) is 0.311. The van der Waals surface area contributed by atoms with Crippen LogP contribution >= 0.6 is 11.6 Å². The van der Waals surface area contributed by atoms with Crippen LogP contribution in [0.5, 0.6) is 0 Å². The van der Waals surface area contributed by atoms with Gasteiger partial charge in [-0.15, -0.1) is 5.10 Å². The molecule has 4 nitrogen and oxygen atoms in total. The zero-order valence-corrected chi connectivity index (χ0v) is 11.0. The second-order valence-electron chi connectivity index (χ2n) is 4.55. The molecule has 0 radical (unpaired) electrons. The van der Waals surface area contributed by atoms with Crippen LogP contribution in [0, 0.1) is 0 Å². The Balaban J connectivity index is 2.05. The first kappa shape index (κ1) is 12.6. The fourth-order valence-electron chi connectivity index (χ4n) is 2.46. The highest BCUT2D eigenvalue weighted by atomic mass is 35.5. The van der Waals surface area contributed by atoms with E-state index in [2.05, 4.69) is 22.0 Å². The molecule has 1 aromatic rings. The van der Waals surface area contributed by atoms with E-state index < -0.39 is 0 Å². The number of anilines is 1. The molecule has 5 heteroatoms. The summed E-state index contributed by atoms with van der Waals surface area (Å²) in [5.41, 5.74) is 6.50. The molecule has 2 N–H and O–H groups in total. The molecular weight excluding hydrogens is 236 g/mol. The number of halogens is 1. The molecule has 1 unspecified atom stereocenters. The lowest BCUT2D eigenvalue weighted by Gasteiger charge is -2.34. The third-order valence-electron chi connectivity index (χ3n) is 3.42. The van der Waals surface area contributed by atoms with Crippen molar-refractivity contribution in [2.75, 3.05) is 18.8 Å². The van der Waals surface area contributed by atoms with Crippen molar-refractivity contribution in [2.24, 2.45) is 0 Å². The van der Waals surface area contributed by atoms with Gasteiger partial charge in [0.25, 0.3) is 0 Å². The number of piperidine rings is 1. The van der Waals surface area contributed by atoms with Crippen LogP contribution in [-0.4, -0.2) is 34.2 Å². The number of likely N-dealkylation sites (N-methyl/N-ethyl adjacent to an activating group) is 1. The summed E-state index contributed by atoms with van der Waals surface area (Å²) in [6, 6.07) is 2.41. The highest BCUT2D eigenvalue weighted by molar-refractivity contribution is 6.32. The summed E-state index contributed by atoms with van der Waals surface area (Å²) in [7, 11) is 0. The molecule has 0 aliphatic carbocycles. The molecular formula is C12H19ClN4. The maximum Gasteiger partial charge on any atom is 0.164 e. The second kappa shape index (κ2) is 5.65. The third-order valence-corrected chi connectivity index (χ3v) is 3.73. The predicted molar refractivity (Wildman–Crippen MR) is 70.0 cm³/mol. The lowest BCUT2D eigenvalue weighted by Crippen LogP contribution is -2.40. The summed E-state index contributed by atoms with van der Waals surface area (Å²) >= 11 is 5.96. The van der Waals surface area contributed by atoms with Gasteiger partial charge in [0, 0.05) is 12.5 Å². The van der Waals surface area contributed by atoms with Gasteiger partial charge in [-0.2, -0.15) is 5.10 Å². The molecule has 0 bridgehead atoms. The van der Waals surface area contributed by atoms with Crippen LogP contribution < -0.4 is 5.73 Å². The monoisotopic (exact) mass is 254 g/mol. The van der Waals surface area contributed by atoms with Crippen molar-refractivity contribution in [1.29, 1.82) is 0 Å². The van der Waals surface area contributed by atoms with Crippen molar-refractivity contribution >= 4 is 17.4 Å². The molecule has 1 atom stereocenters. The smallest absolute Gasteiger partial charge is 0.164 e. The SMILES string of the molecule is CCN1CCCCC1Cc1cc(Cl)c(N)nn1. The van der Waals surface area contributed by atoms with Crippen molar-refractivity contribution < 1.29 is 0 Å². The van der Waals surface area contributed by atoms with E-state index in [1.165, 1.54) is 25.8 Å². The van der Waals surface area contributed by atoms with Gasteiger partial charge < -0.3 is 10.6 Å². The first-order valence-corrected chi connectivity index (χ1v) is 6.60. The van der Waals surface area contributed by atoms with E-state index in [-0.39, 0.29) is 0 Å². The number of hydrogen-bond acceptors (Lipinski definition) is 4. The summed E-state index contributed by atoms with van der Waals surface area (Å²) in [6.07, 6.45) is 4.76. The normalized spacial score (nSPS) is 21.6. The summed E-state index contributed by atoms with van der Waals surface area (Å²) in [5, 5.41) is 8.50. The van der Waals surface area contributed by atoms with Crippen molar-refractivity contribution in [2.45, 2.75) is 38.6 Å². The predicted octanol–water partition coefficient (Wildman–Crippen LogP) is 2.13. The highest BCUT2D eigenvalue weighted by Gasteiger charge is 2.21. The van der Waals surface area contributed by atoms with Gasteiger partial charge in [-0.25, -0.2) is 0 Å². The van der Waals surface area contributed by atoms with Gasteiger partial charge in [0.2, 0.25) is 0 Å². The van der Waals surface area contributed by atoms with E-state index in [0.717, 1.165) is 18.7 Å². The Morgan fingerprint density at radius 1 is 1.47 bits per heavy atom. The molecule has 0 saturated carbocycles. The lowest BCUT2D eigenvalue weighted by atomic mass is 9.98. The van der Waals surface area contributed by atoms with E-state index >= 15 is 0 Å². The van der Waals surface area contributed by atoms with Crippen molar-refractivity contribution in [1.82, 2.24) is 15.1 Å². The van der Waals surface area contributed by atoms with Crippen molar-refractivity contribution in [3.8, 4) is 0 Å². The molecule has 0 amide bonds. The van der Waals surface area contributed by atoms with Crippen LogP contribution in [0.4, 0.5) is 5.82 Å². The maximum atomic E-state index is 5.96. The number of likely N-dealkylation sites (tertiary alicyclic amines) is 1. The van der Waals surface area contributed by atoms with Crippen LogP contribution in [-0.2, 0) is 6.42 Å². The average Bonchev–Trinajstić information content (AvgIpc) is 2.34. The molecule has 0 spiro atoms. The molecule has 17 heavy (non-hydrogen) atoms. The summed E-state index contributed by atoms with van der Waals surface area (Å²) < 4.78 is 0. The third kappa shape index (κ3) is 3.07. The number of aromatic nitrogens is 2. The Hall–Kier alpha value is -0.870. The van der Waals surface area contributed by atoms with Crippen LogP contribution in [0.15, 0.2) is 6.07 Å². The highest BCUT2D eigenvalue weighted by Crippen LogP contribution is 2.21. The zero-order valence-electron chi connectivity index (χ0n) is 10.2. The zero-order chi connectivity index (χ0) is 12.3. The summed E-state index contributed by atoms with van der Waals surface area (Å²) in [4.78, 5) is 2.51. The molecule has 1 aliphatic rings. The van der Waals surface area contributed by atoms with E-state index in [1.807, 2.05) is 6.07 Å². The van der Waals surface area contributed by atoms with Gasteiger partial charge in [-0.3, -0.25) is 0 Å². The van der Waals surface area contributed by atoms with Crippen LogP contribution in [0.25, 0.3) is 0 Å². The Labute approximate surface area is 107 Å².